The maximum atomic E-state index is 5.93. The average Bonchev–Trinajstić information content (AvgIpc) is 2.36. The summed E-state index contributed by atoms with van der Waals surface area (Å²) in [5, 5.41) is 4.57. The molecule has 0 amide bonds. The fourth-order valence-corrected chi connectivity index (χ4v) is 2.42. The number of pyridine rings is 1. The van der Waals surface area contributed by atoms with Crippen LogP contribution in [-0.4, -0.2) is 23.7 Å². The van der Waals surface area contributed by atoms with Gasteiger partial charge in [-0.25, -0.2) is 0 Å². The molecule has 3 rings (SSSR count). The van der Waals surface area contributed by atoms with Crippen LogP contribution in [0.1, 0.15) is 19.8 Å². The Bertz CT molecular complexity index is 535. The molecule has 1 saturated carbocycles. The molecule has 0 atom stereocenters. The van der Waals surface area contributed by atoms with Crippen LogP contribution in [0, 0.1) is 0 Å². The number of hydrogen-bond donors (Lipinski definition) is 1. The molecule has 3 heteroatoms. The Labute approximate surface area is 107 Å². The third kappa shape index (κ3) is 2.31. The van der Waals surface area contributed by atoms with E-state index in [-0.39, 0.29) is 0 Å². The molecule has 1 fully saturated rings. The van der Waals surface area contributed by atoms with Gasteiger partial charge in [0.05, 0.1) is 11.7 Å². The molecule has 0 unspecified atom stereocenters. The minimum atomic E-state index is 0.344. The van der Waals surface area contributed by atoms with Crippen molar-refractivity contribution in [3.8, 4) is 5.75 Å². The van der Waals surface area contributed by atoms with Crippen LogP contribution < -0.4 is 10.1 Å². The molecule has 18 heavy (non-hydrogen) atoms. The molecule has 1 N–H and O–H groups in total. The van der Waals surface area contributed by atoms with Crippen LogP contribution in [0.4, 0.5) is 0 Å². The lowest BCUT2D eigenvalue weighted by Gasteiger charge is -2.35. The molecule has 94 valence electrons. The van der Waals surface area contributed by atoms with E-state index in [2.05, 4.69) is 29.4 Å². The van der Waals surface area contributed by atoms with Crippen molar-refractivity contribution in [2.45, 2.75) is 31.9 Å². The highest BCUT2D eigenvalue weighted by molar-refractivity contribution is 5.79. The number of hydrogen-bond acceptors (Lipinski definition) is 3. The number of nitrogens with one attached hydrogen (secondary N) is 1. The van der Waals surface area contributed by atoms with Gasteiger partial charge in [-0.2, -0.15) is 0 Å². The number of nitrogens with zero attached hydrogens (tertiary/aromatic N) is 1. The first-order chi connectivity index (χ1) is 8.85. The third-order valence-corrected chi connectivity index (χ3v) is 3.46. The van der Waals surface area contributed by atoms with Gasteiger partial charge < -0.3 is 10.1 Å². The second kappa shape index (κ2) is 4.94. The summed E-state index contributed by atoms with van der Waals surface area (Å²) in [6.07, 6.45) is 4.36. The molecule has 0 bridgehead atoms. The summed E-state index contributed by atoms with van der Waals surface area (Å²) in [7, 11) is 0. The van der Waals surface area contributed by atoms with Gasteiger partial charge in [0.25, 0.3) is 0 Å². The second-order valence-electron chi connectivity index (χ2n) is 4.83. The highest BCUT2D eigenvalue weighted by atomic mass is 16.5. The van der Waals surface area contributed by atoms with Crippen molar-refractivity contribution in [1.29, 1.82) is 0 Å². The Hall–Kier alpha value is -1.61. The van der Waals surface area contributed by atoms with Gasteiger partial charge in [-0.05, 0) is 31.5 Å². The van der Waals surface area contributed by atoms with Gasteiger partial charge in [0.15, 0.2) is 0 Å². The number of rotatable bonds is 4. The van der Waals surface area contributed by atoms with Crippen LogP contribution in [0.5, 0.6) is 5.75 Å². The summed E-state index contributed by atoms with van der Waals surface area (Å²) in [5.41, 5.74) is 1.02. The minimum Gasteiger partial charge on any atom is -0.489 e. The van der Waals surface area contributed by atoms with E-state index in [1.807, 2.05) is 24.4 Å². The minimum absolute atomic E-state index is 0.344. The van der Waals surface area contributed by atoms with E-state index < -0.39 is 0 Å². The number of para-hydroxylation sites is 1. The maximum absolute atomic E-state index is 5.93. The summed E-state index contributed by atoms with van der Waals surface area (Å²) in [5.74, 6) is 0.883. The maximum Gasteiger partial charge on any atom is 0.138 e. The number of ether oxygens (including phenoxy) is 1. The standard InChI is InChI=1S/C15H18N2O/c1-2-16-12-8-13(9-12)18-14-7-11-5-3-4-6-15(11)17-10-14/h3-7,10,12-13,16H,2,8-9H2,1H3. The summed E-state index contributed by atoms with van der Waals surface area (Å²) < 4.78 is 5.93. The Morgan fingerprint density at radius 1 is 1.33 bits per heavy atom. The molecule has 1 aromatic heterocycles. The molecule has 1 aliphatic carbocycles. The zero-order valence-electron chi connectivity index (χ0n) is 10.6. The topological polar surface area (TPSA) is 34.1 Å². The lowest BCUT2D eigenvalue weighted by Crippen LogP contribution is -2.46. The van der Waals surface area contributed by atoms with E-state index in [4.69, 9.17) is 4.74 Å². The van der Waals surface area contributed by atoms with Crippen molar-refractivity contribution < 1.29 is 4.74 Å². The van der Waals surface area contributed by atoms with E-state index in [0.29, 0.717) is 12.1 Å². The van der Waals surface area contributed by atoms with Gasteiger partial charge in [0.1, 0.15) is 11.9 Å². The molecule has 0 radical (unpaired) electrons. The molecule has 3 nitrogen and oxygen atoms in total. The average molecular weight is 242 g/mol. The molecule has 1 heterocycles. The van der Waals surface area contributed by atoms with Crippen molar-refractivity contribution in [3.63, 3.8) is 0 Å². The highest BCUT2D eigenvalue weighted by Gasteiger charge is 2.29. The van der Waals surface area contributed by atoms with Gasteiger partial charge in [0.2, 0.25) is 0 Å². The smallest absolute Gasteiger partial charge is 0.138 e. The van der Waals surface area contributed by atoms with Crippen molar-refractivity contribution >= 4 is 10.9 Å². The number of fused-ring (bicyclic) bond motifs is 1. The molecule has 1 aliphatic rings. The molecule has 1 aromatic carbocycles. The fourth-order valence-electron chi connectivity index (χ4n) is 2.42. The molecule has 0 spiro atoms. The van der Waals surface area contributed by atoms with Gasteiger partial charge in [0, 0.05) is 11.4 Å². The van der Waals surface area contributed by atoms with Crippen molar-refractivity contribution in [3.05, 3.63) is 36.5 Å². The summed E-state index contributed by atoms with van der Waals surface area (Å²) >= 11 is 0. The lowest BCUT2D eigenvalue weighted by molar-refractivity contribution is 0.0857. The van der Waals surface area contributed by atoms with Crippen LogP contribution in [0.2, 0.25) is 0 Å². The molecule has 0 aliphatic heterocycles. The first-order valence-corrected chi connectivity index (χ1v) is 6.60. The Morgan fingerprint density at radius 3 is 3.00 bits per heavy atom. The Kier molecular flexibility index (Phi) is 3.15. The van der Waals surface area contributed by atoms with Crippen LogP contribution in [0.25, 0.3) is 10.9 Å². The second-order valence-corrected chi connectivity index (χ2v) is 4.83. The summed E-state index contributed by atoms with van der Waals surface area (Å²) in [6, 6.07) is 10.8. The van der Waals surface area contributed by atoms with Crippen LogP contribution in [0.3, 0.4) is 0 Å². The van der Waals surface area contributed by atoms with Crippen molar-refractivity contribution in [1.82, 2.24) is 10.3 Å². The van der Waals surface area contributed by atoms with E-state index in [1.165, 1.54) is 0 Å². The molecular weight excluding hydrogens is 224 g/mol. The van der Waals surface area contributed by atoms with E-state index in [0.717, 1.165) is 36.0 Å². The third-order valence-electron chi connectivity index (χ3n) is 3.46. The van der Waals surface area contributed by atoms with Gasteiger partial charge in [-0.1, -0.05) is 25.1 Å². The van der Waals surface area contributed by atoms with Gasteiger partial charge in [-0.15, -0.1) is 0 Å². The van der Waals surface area contributed by atoms with Gasteiger partial charge >= 0.3 is 0 Å². The lowest BCUT2D eigenvalue weighted by atomic mass is 9.89. The number of benzene rings is 1. The predicted molar refractivity (Wildman–Crippen MR) is 72.9 cm³/mol. The normalized spacial score (nSPS) is 22.7. The molecular formula is C15H18N2O. The summed E-state index contributed by atoms with van der Waals surface area (Å²) in [4.78, 5) is 4.41. The molecule has 2 aromatic rings. The first-order valence-electron chi connectivity index (χ1n) is 6.60. The quantitative estimate of drug-likeness (QED) is 0.895. The Balaban J connectivity index is 1.65. The van der Waals surface area contributed by atoms with Crippen molar-refractivity contribution in [2.24, 2.45) is 0 Å². The van der Waals surface area contributed by atoms with Crippen molar-refractivity contribution in [2.75, 3.05) is 6.54 Å². The van der Waals surface area contributed by atoms with Crippen LogP contribution in [-0.2, 0) is 0 Å². The fraction of sp³-hybridized carbons (Fsp3) is 0.400. The van der Waals surface area contributed by atoms with Crippen LogP contribution >= 0.6 is 0 Å². The summed E-state index contributed by atoms with van der Waals surface area (Å²) in [6.45, 7) is 3.18. The largest absolute Gasteiger partial charge is 0.489 e. The highest BCUT2D eigenvalue weighted by Crippen LogP contribution is 2.27. The van der Waals surface area contributed by atoms with E-state index in [1.54, 1.807) is 0 Å². The SMILES string of the molecule is CCNC1CC(Oc2cnc3ccccc3c2)C1. The monoisotopic (exact) mass is 242 g/mol. The zero-order chi connectivity index (χ0) is 12.4. The van der Waals surface area contributed by atoms with Crippen LogP contribution in [0.15, 0.2) is 36.5 Å². The Morgan fingerprint density at radius 2 is 2.17 bits per heavy atom. The number of aromatic nitrogens is 1. The zero-order valence-corrected chi connectivity index (χ0v) is 10.6. The van der Waals surface area contributed by atoms with E-state index >= 15 is 0 Å². The van der Waals surface area contributed by atoms with E-state index in [9.17, 15) is 0 Å². The molecule has 0 saturated heterocycles. The first kappa shape index (κ1) is 11.5. The van der Waals surface area contributed by atoms with Gasteiger partial charge in [-0.3, -0.25) is 4.98 Å². The predicted octanol–water partition coefficient (Wildman–Crippen LogP) is 2.75.